The first-order valence-electron chi connectivity index (χ1n) is 7.56. The first kappa shape index (κ1) is 19.1. The Kier molecular flexibility index (Phi) is 7.16. The number of anilines is 2. The van der Waals surface area contributed by atoms with Crippen molar-refractivity contribution >= 4 is 46.6 Å². The van der Waals surface area contributed by atoms with Gasteiger partial charge in [-0.05, 0) is 48.9 Å². The van der Waals surface area contributed by atoms with E-state index in [1.165, 1.54) is 11.8 Å². The summed E-state index contributed by atoms with van der Waals surface area (Å²) in [5.41, 5.74) is 2.19. The molecule has 0 aliphatic rings. The SMILES string of the molecule is COc1ccc(NC(=O)CSCC(=O)Nc2cccc(Cl)c2C)cc1. The highest BCUT2D eigenvalue weighted by atomic mass is 35.5. The summed E-state index contributed by atoms with van der Waals surface area (Å²) in [6.07, 6.45) is 0. The zero-order chi connectivity index (χ0) is 18.2. The van der Waals surface area contributed by atoms with Crippen LogP contribution in [0.15, 0.2) is 42.5 Å². The van der Waals surface area contributed by atoms with Gasteiger partial charge in [0.15, 0.2) is 0 Å². The molecule has 5 nitrogen and oxygen atoms in total. The molecular formula is C18H19ClN2O3S. The smallest absolute Gasteiger partial charge is 0.234 e. The predicted octanol–water partition coefficient (Wildman–Crippen LogP) is 3.97. The molecule has 2 amide bonds. The molecule has 0 aliphatic carbocycles. The molecule has 132 valence electrons. The summed E-state index contributed by atoms with van der Waals surface area (Å²) >= 11 is 7.27. The first-order valence-corrected chi connectivity index (χ1v) is 9.09. The number of hydrogen-bond acceptors (Lipinski definition) is 4. The first-order chi connectivity index (χ1) is 12.0. The van der Waals surface area contributed by atoms with Crippen molar-refractivity contribution in [1.29, 1.82) is 0 Å². The van der Waals surface area contributed by atoms with Crippen LogP contribution in [0.5, 0.6) is 5.75 Å². The lowest BCUT2D eigenvalue weighted by Crippen LogP contribution is -2.18. The van der Waals surface area contributed by atoms with Crippen LogP contribution in [-0.4, -0.2) is 30.4 Å². The fraction of sp³-hybridized carbons (Fsp3) is 0.222. The maximum absolute atomic E-state index is 12.0. The summed E-state index contributed by atoms with van der Waals surface area (Å²) in [5.74, 6) is 0.755. The lowest BCUT2D eigenvalue weighted by atomic mass is 10.2. The Bertz CT molecular complexity index is 750. The van der Waals surface area contributed by atoms with E-state index in [4.69, 9.17) is 16.3 Å². The number of rotatable bonds is 7. The van der Waals surface area contributed by atoms with Gasteiger partial charge in [-0.15, -0.1) is 11.8 Å². The van der Waals surface area contributed by atoms with Gasteiger partial charge in [0.2, 0.25) is 11.8 Å². The molecule has 2 N–H and O–H groups in total. The predicted molar refractivity (Wildman–Crippen MR) is 104 cm³/mol. The summed E-state index contributed by atoms with van der Waals surface area (Å²) in [5, 5.41) is 6.17. The Morgan fingerprint density at radius 2 is 1.68 bits per heavy atom. The van der Waals surface area contributed by atoms with E-state index in [1.54, 1.807) is 49.6 Å². The van der Waals surface area contributed by atoms with E-state index in [2.05, 4.69) is 10.6 Å². The third-order valence-electron chi connectivity index (χ3n) is 3.38. The molecule has 0 saturated heterocycles. The molecule has 0 radical (unpaired) electrons. The highest BCUT2D eigenvalue weighted by Crippen LogP contribution is 2.23. The summed E-state index contributed by atoms with van der Waals surface area (Å²) in [6.45, 7) is 1.84. The normalized spacial score (nSPS) is 10.2. The number of hydrogen-bond donors (Lipinski definition) is 2. The van der Waals surface area contributed by atoms with Crippen LogP contribution in [0.4, 0.5) is 11.4 Å². The van der Waals surface area contributed by atoms with Crippen molar-refractivity contribution in [3.05, 3.63) is 53.1 Å². The molecule has 0 saturated carbocycles. The molecular weight excluding hydrogens is 360 g/mol. The van der Waals surface area contributed by atoms with E-state index in [-0.39, 0.29) is 23.3 Å². The Labute approximate surface area is 156 Å². The molecule has 2 aromatic rings. The molecule has 0 bridgehead atoms. The van der Waals surface area contributed by atoms with Crippen molar-refractivity contribution in [1.82, 2.24) is 0 Å². The second-order valence-electron chi connectivity index (χ2n) is 5.23. The van der Waals surface area contributed by atoms with Crippen LogP contribution >= 0.6 is 23.4 Å². The maximum atomic E-state index is 12.0. The van der Waals surface area contributed by atoms with Crippen LogP contribution in [0.25, 0.3) is 0 Å². The highest BCUT2D eigenvalue weighted by Gasteiger charge is 2.09. The van der Waals surface area contributed by atoms with Crippen LogP contribution in [-0.2, 0) is 9.59 Å². The zero-order valence-corrected chi connectivity index (χ0v) is 15.5. The number of carbonyl (C=O) groups is 2. The quantitative estimate of drug-likeness (QED) is 0.765. The van der Waals surface area contributed by atoms with Gasteiger partial charge in [-0.25, -0.2) is 0 Å². The van der Waals surface area contributed by atoms with Gasteiger partial charge in [0.25, 0.3) is 0 Å². The van der Waals surface area contributed by atoms with E-state index in [1.807, 2.05) is 6.92 Å². The molecule has 2 aromatic carbocycles. The maximum Gasteiger partial charge on any atom is 0.234 e. The number of ether oxygens (including phenoxy) is 1. The second kappa shape index (κ2) is 9.34. The van der Waals surface area contributed by atoms with Crippen molar-refractivity contribution in [3.63, 3.8) is 0 Å². The minimum atomic E-state index is -0.174. The van der Waals surface area contributed by atoms with E-state index in [0.717, 1.165) is 11.3 Å². The van der Waals surface area contributed by atoms with E-state index in [0.29, 0.717) is 16.4 Å². The van der Waals surface area contributed by atoms with Crippen LogP contribution < -0.4 is 15.4 Å². The largest absolute Gasteiger partial charge is 0.497 e. The minimum absolute atomic E-state index is 0.165. The van der Waals surface area contributed by atoms with Gasteiger partial charge in [-0.1, -0.05) is 17.7 Å². The van der Waals surface area contributed by atoms with Crippen molar-refractivity contribution in [3.8, 4) is 5.75 Å². The molecule has 25 heavy (non-hydrogen) atoms. The summed E-state index contributed by atoms with van der Waals surface area (Å²) in [4.78, 5) is 23.9. The molecule has 2 rings (SSSR count). The third kappa shape index (κ3) is 5.99. The Morgan fingerprint density at radius 1 is 1.04 bits per heavy atom. The standard InChI is InChI=1S/C18H19ClN2O3S/c1-12-15(19)4-3-5-16(12)21-18(23)11-25-10-17(22)20-13-6-8-14(24-2)9-7-13/h3-9H,10-11H2,1-2H3,(H,20,22)(H,21,23). The number of thioether (sulfide) groups is 1. The number of halogens is 1. The zero-order valence-electron chi connectivity index (χ0n) is 14.0. The Morgan fingerprint density at radius 3 is 2.32 bits per heavy atom. The molecule has 0 spiro atoms. The van der Waals surface area contributed by atoms with Gasteiger partial charge in [-0.3, -0.25) is 9.59 Å². The fourth-order valence-corrected chi connectivity index (χ4v) is 2.83. The van der Waals surface area contributed by atoms with Gasteiger partial charge < -0.3 is 15.4 Å². The van der Waals surface area contributed by atoms with Crippen molar-refractivity contribution in [2.75, 3.05) is 29.2 Å². The number of nitrogens with one attached hydrogen (secondary N) is 2. The lowest BCUT2D eigenvalue weighted by Gasteiger charge is -2.09. The van der Waals surface area contributed by atoms with Crippen LogP contribution in [0.1, 0.15) is 5.56 Å². The average molecular weight is 379 g/mol. The third-order valence-corrected chi connectivity index (χ3v) is 4.72. The number of benzene rings is 2. The molecule has 0 heterocycles. The Balaban J connectivity index is 1.74. The topological polar surface area (TPSA) is 67.4 Å². The number of amides is 2. The van der Waals surface area contributed by atoms with E-state index in [9.17, 15) is 9.59 Å². The molecule has 0 aromatic heterocycles. The van der Waals surface area contributed by atoms with Crippen LogP contribution in [0, 0.1) is 6.92 Å². The number of carbonyl (C=O) groups excluding carboxylic acids is 2. The van der Waals surface area contributed by atoms with Crippen molar-refractivity contribution in [2.24, 2.45) is 0 Å². The van der Waals surface area contributed by atoms with Crippen molar-refractivity contribution in [2.45, 2.75) is 6.92 Å². The summed E-state index contributed by atoms with van der Waals surface area (Å²) in [7, 11) is 1.58. The second-order valence-corrected chi connectivity index (χ2v) is 6.62. The van der Waals surface area contributed by atoms with Gasteiger partial charge in [0.05, 0.1) is 18.6 Å². The minimum Gasteiger partial charge on any atom is -0.497 e. The van der Waals surface area contributed by atoms with Crippen molar-refractivity contribution < 1.29 is 14.3 Å². The molecule has 7 heteroatoms. The van der Waals surface area contributed by atoms with E-state index < -0.39 is 0 Å². The average Bonchev–Trinajstić information content (AvgIpc) is 2.59. The molecule has 0 aliphatic heterocycles. The molecule has 0 atom stereocenters. The van der Waals surface area contributed by atoms with Gasteiger partial charge in [0.1, 0.15) is 5.75 Å². The van der Waals surface area contributed by atoms with Gasteiger partial charge in [0, 0.05) is 16.4 Å². The van der Waals surface area contributed by atoms with Gasteiger partial charge >= 0.3 is 0 Å². The lowest BCUT2D eigenvalue weighted by molar-refractivity contribution is -0.114. The monoisotopic (exact) mass is 378 g/mol. The highest BCUT2D eigenvalue weighted by molar-refractivity contribution is 8.00. The van der Waals surface area contributed by atoms with Gasteiger partial charge in [-0.2, -0.15) is 0 Å². The Hall–Kier alpha value is -2.18. The van der Waals surface area contributed by atoms with Crippen LogP contribution in [0.2, 0.25) is 5.02 Å². The molecule has 0 fully saturated rings. The number of methoxy groups -OCH3 is 1. The summed E-state index contributed by atoms with van der Waals surface area (Å²) < 4.78 is 5.06. The molecule has 0 unspecified atom stereocenters. The van der Waals surface area contributed by atoms with E-state index >= 15 is 0 Å². The fourth-order valence-electron chi connectivity index (χ4n) is 2.04. The summed E-state index contributed by atoms with van der Waals surface area (Å²) in [6, 6.07) is 12.4. The van der Waals surface area contributed by atoms with Crippen LogP contribution in [0.3, 0.4) is 0 Å².